The molecule has 1 fully saturated rings. The van der Waals surface area contributed by atoms with E-state index in [4.69, 9.17) is 21.1 Å². The summed E-state index contributed by atoms with van der Waals surface area (Å²) in [5.74, 6) is -0.501. The average Bonchev–Trinajstić information content (AvgIpc) is 2.95. The number of rotatable bonds is 6. The van der Waals surface area contributed by atoms with Crippen LogP contribution in [0.4, 0.5) is 10.5 Å². The Labute approximate surface area is 181 Å². The number of thioether (sulfide) groups is 1. The van der Waals surface area contributed by atoms with Crippen molar-refractivity contribution in [3.8, 4) is 17.2 Å². The topological polar surface area (TPSA) is 105 Å². The van der Waals surface area contributed by atoms with Gasteiger partial charge < -0.3 is 19.9 Å². The lowest BCUT2D eigenvalue weighted by Crippen LogP contribution is -2.36. The molecule has 0 radical (unpaired) electrons. The molecule has 8 nitrogen and oxygen atoms in total. The van der Waals surface area contributed by atoms with Gasteiger partial charge in [0, 0.05) is 5.69 Å². The van der Waals surface area contributed by atoms with E-state index in [1.54, 1.807) is 24.3 Å². The number of phenols is 1. The predicted molar refractivity (Wildman–Crippen MR) is 114 cm³/mol. The molecular formula is C20H17ClN2O6S. The highest BCUT2D eigenvalue weighted by atomic mass is 35.5. The lowest BCUT2D eigenvalue weighted by molar-refractivity contribution is -0.127. The fraction of sp³-hybridized carbons (Fsp3) is 0.150. The number of hydrogen-bond acceptors (Lipinski definition) is 7. The van der Waals surface area contributed by atoms with E-state index in [2.05, 4.69) is 5.32 Å². The van der Waals surface area contributed by atoms with E-state index in [9.17, 15) is 19.5 Å². The molecule has 0 saturated carbocycles. The van der Waals surface area contributed by atoms with Gasteiger partial charge in [-0.1, -0.05) is 17.7 Å². The Balaban J connectivity index is 1.69. The maximum Gasteiger partial charge on any atom is 0.294 e. The second kappa shape index (κ2) is 9.10. The summed E-state index contributed by atoms with van der Waals surface area (Å²) in [6.45, 7) is -0.445. The van der Waals surface area contributed by atoms with Crippen LogP contribution in [0, 0.1) is 0 Å². The van der Waals surface area contributed by atoms with Gasteiger partial charge in [0.2, 0.25) is 5.91 Å². The molecular weight excluding hydrogens is 432 g/mol. The first kappa shape index (κ1) is 21.5. The molecule has 3 rings (SSSR count). The van der Waals surface area contributed by atoms with Crippen LogP contribution in [0.2, 0.25) is 5.02 Å². The molecule has 2 N–H and O–H groups in total. The van der Waals surface area contributed by atoms with Crippen LogP contribution in [-0.4, -0.2) is 47.8 Å². The van der Waals surface area contributed by atoms with E-state index < -0.39 is 23.6 Å². The second-order valence-corrected chi connectivity index (χ2v) is 7.50. The minimum absolute atomic E-state index is 0.0944. The Kier molecular flexibility index (Phi) is 6.53. The Morgan fingerprint density at radius 1 is 1.17 bits per heavy atom. The van der Waals surface area contributed by atoms with E-state index >= 15 is 0 Å². The van der Waals surface area contributed by atoms with Gasteiger partial charge in [-0.15, -0.1) is 0 Å². The van der Waals surface area contributed by atoms with E-state index in [0.717, 1.165) is 4.90 Å². The first-order valence-electron chi connectivity index (χ1n) is 8.58. The first-order valence-corrected chi connectivity index (χ1v) is 9.77. The number of aromatic hydroxyl groups is 1. The Morgan fingerprint density at radius 3 is 2.50 bits per heavy atom. The lowest BCUT2D eigenvalue weighted by atomic mass is 10.2. The fourth-order valence-electron chi connectivity index (χ4n) is 2.67. The monoisotopic (exact) mass is 448 g/mol. The van der Waals surface area contributed by atoms with Gasteiger partial charge in [-0.2, -0.15) is 0 Å². The molecule has 2 aromatic carbocycles. The summed E-state index contributed by atoms with van der Waals surface area (Å²) in [7, 11) is 2.89. The predicted octanol–water partition coefficient (Wildman–Crippen LogP) is 3.74. The quantitative estimate of drug-likeness (QED) is 0.648. The lowest BCUT2D eigenvalue weighted by Gasteiger charge is -2.13. The molecule has 10 heteroatoms. The molecule has 0 aromatic heterocycles. The molecule has 0 bridgehead atoms. The first-order chi connectivity index (χ1) is 14.3. The molecule has 1 saturated heterocycles. The summed E-state index contributed by atoms with van der Waals surface area (Å²) in [6, 6.07) is 9.26. The van der Waals surface area contributed by atoms with Crippen LogP contribution >= 0.6 is 23.4 Å². The summed E-state index contributed by atoms with van der Waals surface area (Å²) >= 11 is 6.74. The van der Waals surface area contributed by atoms with Crippen molar-refractivity contribution in [2.45, 2.75) is 0 Å². The van der Waals surface area contributed by atoms with Crippen molar-refractivity contribution in [1.29, 1.82) is 0 Å². The highest BCUT2D eigenvalue weighted by Crippen LogP contribution is 2.34. The smallest absolute Gasteiger partial charge is 0.294 e. The SMILES string of the molecule is COc1ccc(/C=C2/SC(=O)N(CC(=O)Nc3ccc(OC)c(Cl)c3)C2=O)cc1O. The summed E-state index contributed by atoms with van der Waals surface area (Å²) in [5, 5.41) is 12.2. The molecule has 2 aromatic rings. The number of benzene rings is 2. The van der Waals surface area contributed by atoms with E-state index in [-0.39, 0.29) is 16.4 Å². The number of imide groups is 1. The van der Waals surface area contributed by atoms with E-state index in [1.807, 2.05) is 0 Å². The Bertz CT molecular complexity index is 1060. The Morgan fingerprint density at radius 2 is 1.87 bits per heavy atom. The van der Waals surface area contributed by atoms with Crippen LogP contribution in [0.15, 0.2) is 41.3 Å². The fourth-order valence-corrected chi connectivity index (χ4v) is 3.77. The zero-order valence-corrected chi connectivity index (χ0v) is 17.5. The van der Waals surface area contributed by atoms with E-state index in [1.165, 1.54) is 32.4 Å². The maximum absolute atomic E-state index is 12.6. The molecule has 0 aliphatic carbocycles. The van der Waals surface area contributed by atoms with Crippen LogP contribution in [-0.2, 0) is 9.59 Å². The van der Waals surface area contributed by atoms with Crippen LogP contribution in [0.1, 0.15) is 5.56 Å². The maximum atomic E-state index is 12.6. The Hall–Kier alpha value is -3.17. The molecule has 0 unspecified atom stereocenters. The van der Waals surface area contributed by atoms with Crippen molar-refractivity contribution in [2.24, 2.45) is 0 Å². The van der Waals surface area contributed by atoms with Gasteiger partial charge in [0.25, 0.3) is 11.1 Å². The third-order valence-electron chi connectivity index (χ3n) is 4.11. The molecule has 3 amide bonds. The van der Waals surface area contributed by atoms with Crippen LogP contribution in [0.25, 0.3) is 6.08 Å². The van der Waals surface area contributed by atoms with Crippen molar-refractivity contribution in [3.63, 3.8) is 0 Å². The molecule has 1 heterocycles. The normalized spacial score (nSPS) is 14.9. The standard InChI is InChI=1S/C20H17ClN2O6S/c1-28-15-6-4-12(9-13(15)21)22-18(25)10-23-19(26)17(30-20(23)27)8-11-3-5-16(29-2)14(24)7-11/h3-9,24H,10H2,1-2H3,(H,22,25)/b17-8+. The number of halogens is 1. The third-order valence-corrected chi connectivity index (χ3v) is 5.31. The van der Waals surface area contributed by atoms with Crippen molar-refractivity contribution in [3.05, 3.63) is 51.9 Å². The number of nitrogens with one attached hydrogen (secondary N) is 1. The highest BCUT2D eigenvalue weighted by Gasteiger charge is 2.36. The van der Waals surface area contributed by atoms with Gasteiger partial charge in [-0.25, -0.2) is 0 Å². The van der Waals surface area contributed by atoms with Gasteiger partial charge in [0.05, 0.1) is 24.1 Å². The molecule has 1 aliphatic heterocycles. The van der Waals surface area contributed by atoms with Gasteiger partial charge in [-0.3, -0.25) is 19.3 Å². The van der Waals surface area contributed by atoms with Gasteiger partial charge in [-0.05, 0) is 53.7 Å². The van der Waals surface area contributed by atoms with E-state index in [0.29, 0.717) is 33.8 Å². The zero-order chi connectivity index (χ0) is 21.8. The molecule has 0 atom stereocenters. The summed E-state index contributed by atoms with van der Waals surface area (Å²) < 4.78 is 10.0. The number of phenolic OH excluding ortho intramolecular Hbond substituents is 1. The molecule has 1 aliphatic rings. The number of anilines is 1. The summed E-state index contributed by atoms with van der Waals surface area (Å²) in [4.78, 5) is 38.1. The van der Waals surface area contributed by atoms with Crippen molar-refractivity contribution >= 4 is 52.2 Å². The van der Waals surface area contributed by atoms with Crippen LogP contribution in [0.3, 0.4) is 0 Å². The number of ether oxygens (including phenoxy) is 2. The minimum atomic E-state index is -0.594. The number of carbonyl (C=O) groups is 3. The van der Waals surface area contributed by atoms with Gasteiger partial charge in [0.1, 0.15) is 12.3 Å². The second-order valence-electron chi connectivity index (χ2n) is 6.10. The minimum Gasteiger partial charge on any atom is -0.504 e. The van der Waals surface area contributed by atoms with Crippen molar-refractivity contribution < 1.29 is 29.0 Å². The average molecular weight is 449 g/mol. The van der Waals surface area contributed by atoms with Gasteiger partial charge in [0.15, 0.2) is 11.5 Å². The number of methoxy groups -OCH3 is 2. The number of carbonyl (C=O) groups excluding carboxylic acids is 3. The van der Waals surface area contributed by atoms with Crippen LogP contribution < -0.4 is 14.8 Å². The number of hydrogen-bond donors (Lipinski definition) is 2. The van der Waals surface area contributed by atoms with Crippen LogP contribution in [0.5, 0.6) is 17.2 Å². The largest absolute Gasteiger partial charge is 0.504 e. The third kappa shape index (κ3) is 4.69. The zero-order valence-electron chi connectivity index (χ0n) is 16.0. The summed E-state index contributed by atoms with van der Waals surface area (Å²) in [6.07, 6.45) is 1.46. The number of nitrogens with zero attached hydrogens (tertiary/aromatic N) is 1. The van der Waals surface area contributed by atoms with Crippen molar-refractivity contribution in [1.82, 2.24) is 4.90 Å². The summed E-state index contributed by atoms with van der Waals surface area (Å²) in [5.41, 5.74) is 0.915. The molecule has 156 valence electrons. The number of amides is 3. The molecule has 30 heavy (non-hydrogen) atoms. The van der Waals surface area contributed by atoms with Crippen molar-refractivity contribution in [2.75, 3.05) is 26.1 Å². The molecule has 0 spiro atoms. The van der Waals surface area contributed by atoms with Gasteiger partial charge >= 0.3 is 0 Å². The highest BCUT2D eigenvalue weighted by molar-refractivity contribution is 8.18.